The predicted octanol–water partition coefficient (Wildman–Crippen LogP) is 3.72. The molecule has 2 aromatic heterocycles. The SMILES string of the molecule is CCNC(=NCc1nnc2ccccn12)NCCCSc1ccc(F)cc1.I. The lowest BCUT2D eigenvalue weighted by Crippen LogP contribution is -2.37. The molecule has 150 valence electrons. The zero-order chi connectivity index (χ0) is 18.9. The maximum absolute atomic E-state index is 12.9. The highest BCUT2D eigenvalue weighted by atomic mass is 127. The number of halogens is 2. The van der Waals surface area contributed by atoms with Crippen LogP contribution in [0.1, 0.15) is 19.2 Å². The van der Waals surface area contributed by atoms with E-state index in [4.69, 9.17) is 0 Å². The molecule has 0 fully saturated rings. The number of rotatable bonds is 8. The smallest absolute Gasteiger partial charge is 0.191 e. The first-order valence-electron chi connectivity index (χ1n) is 8.95. The molecule has 0 unspecified atom stereocenters. The fourth-order valence-corrected chi connectivity index (χ4v) is 3.34. The highest BCUT2D eigenvalue weighted by Crippen LogP contribution is 2.18. The van der Waals surface area contributed by atoms with Crippen LogP contribution in [0.15, 0.2) is 58.5 Å². The number of nitrogens with zero attached hydrogens (tertiary/aromatic N) is 4. The number of aromatic nitrogens is 3. The second-order valence-electron chi connectivity index (χ2n) is 5.82. The van der Waals surface area contributed by atoms with Crippen LogP contribution in [0.3, 0.4) is 0 Å². The van der Waals surface area contributed by atoms with Crippen LogP contribution in [0, 0.1) is 5.82 Å². The Morgan fingerprint density at radius 3 is 2.75 bits per heavy atom. The van der Waals surface area contributed by atoms with Gasteiger partial charge in [0.15, 0.2) is 17.4 Å². The minimum Gasteiger partial charge on any atom is -0.357 e. The van der Waals surface area contributed by atoms with Crippen LogP contribution < -0.4 is 10.6 Å². The summed E-state index contributed by atoms with van der Waals surface area (Å²) >= 11 is 1.72. The van der Waals surface area contributed by atoms with E-state index in [0.717, 1.165) is 47.6 Å². The molecular formula is C19H24FIN6S. The first-order valence-corrected chi connectivity index (χ1v) is 9.94. The van der Waals surface area contributed by atoms with E-state index in [2.05, 4.69) is 25.8 Å². The molecule has 0 amide bonds. The van der Waals surface area contributed by atoms with Crippen LogP contribution in [0.2, 0.25) is 0 Å². The molecule has 9 heteroatoms. The van der Waals surface area contributed by atoms with E-state index in [1.165, 1.54) is 12.1 Å². The normalized spacial score (nSPS) is 11.3. The number of aliphatic imine (C=N–C) groups is 1. The van der Waals surface area contributed by atoms with Crippen molar-refractivity contribution in [1.82, 2.24) is 25.2 Å². The molecule has 0 radical (unpaired) electrons. The number of guanidine groups is 1. The van der Waals surface area contributed by atoms with Gasteiger partial charge in [-0.25, -0.2) is 9.38 Å². The monoisotopic (exact) mass is 514 g/mol. The van der Waals surface area contributed by atoms with Gasteiger partial charge in [0.2, 0.25) is 0 Å². The molecule has 0 aliphatic rings. The Balaban J connectivity index is 0.00000280. The van der Waals surface area contributed by atoms with Gasteiger partial charge in [-0.3, -0.25) is 4.40 Å². The van der Waals surface area contributed by atoms with Crippen molar-refractivity contribution in [3.05, 3.63) is 60.3 Å². The number of nitrogens with one attached hydrogen (secondary N) is 2. The molecule has 2 N–H and O–H groups in total. The molecule has 0 bridgehead atoms. The molecule has 0 atom stereocenters. The third-order valence-electron chi connectivity index (χ3n) is 3.80. The average molecular weight is 514 g/mol. The average Bonchev–Trinajstić information content (AvgIpc) is 3.10. The van der Waals surface area contributed by atoms with E-state index in [0.29, 0.717) is 6.54 Å². The summed E-state index contributed by atoms with van der Waals surface area (Å²) in [5.41, 5.74) is 0.818. The van der Waals surface area contributed by atoms with E-state index in [9.17, 15) is 4.39 Å². The number of hydrogen-bond acceptors (Lipinski definition) is 4. The summed E-state index contributed by atoms with van der Waals surface area (Å²) in [7, 11) is 0. The van der Waals surface area contributed by atoms with Crippen molar-refractivity contribution in [2.45, 2.75) is 24.8 Å². The van der Waals surface area contributed by atoms with Crippen LogP contribution in [0.4, 0.5) is 4.39 Å². The molecule has 3 rings (SSSR count). The molecular weight excluding hydrogens is 490 g/mol. The van der Waals surface area contributed by atoms with Gasteiger partial charge in [0.05, 0.1) is 0 Å². The van der Waals surface area contributed by atoms with Crippen molar-refractivity contribution in [3.8, 4) is 0 Å². The predicted molar refractivity (Wildman–Crippen MR) is 123 cm³/mol. The maximum atomic E-state index is 12.9. The van der Waals surface area contributed by atoms with Crippen molar-refractivity contribution in [2.75, 3.05) is 18.8 Å². The standard InChI is InChI=1S/C19H23FN6S.HI/c1-2-21-19(22-11-5-13-27-16-9-7-15(20)8-10-16)23-14-18-25-24-17-6-3-4-12-26(17)18;/h3-4,6-10,12H,2,5,11,13-14H2,1H3,(H2,21,22,23);1H. The van der Waals surface area contributed by atoms with Gasteiger partial charge in [0.1, 0.15) is 12.4 Å². The van der Waals surface area contributed by atoms with E-state index < -0.39 is 0 Å². The number of benzene rings is 1. The topological polar surface area (TPSA) is 66.6 Å². The molecule has 28 heavy (non-hydrogen) atoms. The van der Waals surface area contributed by atoms with Gasteiger partial charge in [-0.1, -0.05) is 6.07 Å². The van der Waals surface area contributed by atoms with E-state index >= 15 is 0 Å². The molecule has 0 aliphatic carbocycles. The highest BCUT2D eigenvalue weighted by molar-refractivity contribution is 14.0. The second kappa shape index (κ2) is 11.8. The molecule has 6 nitrogen and oxygen atoms in total. The largest absolute Gasteiger partial charge is 0.357 e. The summed E-state index contributed by atoms with van der Waals surface area (Å²) in [6.45, 7) is 4.08. The van der Waals surface area contributed by atoms with Crippen LogP contribution in [-0.4, -0.2) is 39.4 Å². The van der Waals surface area contributed by atoms with Crippen molar-refractivity contribution in [1.29, 1.82) is 0 Å². The molecule has 1 aromatic carbocycles. The summed E-state index contributed by atoms with van der Waals surface area (Å²) in [5, 5.41) is 14.9. The van der Waals surface area contributed by atoms with Gasteiger partial charge >= 0.3 is 0 Å². The first-order chi connectivity index (χ1) is 13.3. The first kappa shape index (κ1) is 22.4. The third-order valence-corrected chi connectivity index (χ3v) is 4.90. The fourth-order valence-electron chi connectivity index (χ4n) is 2.49. The van der Waals surface area contributed by atoms with Crippen molar-refractivity contribution < 1.29 is 4.39 Å². The van der Waals surface area contributed by atoms with Gasteiger partial charge in [-0.05, 0) is 55.5 Å². The highest BCUT2D eigenvalue weighted by Gasteiger charge is 2.04. The third kappa shape index (κ3) is 6.62. The van der Waals surface area contributed by atoms with E-state index in [1.54, 1.807) is 11.8 Å². The Hall–Kier alpha value is -1.88. The zero-order valence-corrected chi connectivity index (χ0v) is 18.8. The number of hydrogen-bond donors (Lipinski definition) is 2. The molecule has 0 saturated carbocycles. The summed E-state index contributed by atoms with van der Waals surface area (Å²) in [4.78, 5) is 5.67. The van der Waals surface area contributed by atoms with E-state index in [-0.39, 0.29) is 29.8 Å². The minimum absolute atomic E-state index is 0. The molecule has 0 spiro atoms. The van der Waals surface area contributed by atoms with Gasteiger partial charge in [-0.15, -0.1) is 45.9 Å². The van der Waals surface area contributed by atoms with Crippen molar-refractivity contribution in [3.63, 3.8) is 0 Å². The minimum atomic E-state index is -0.201. The Kier molecular flexibility index (Phi) is 9.48. The van der Waals surface area contributed by atoms with Gasteiger partial charge in [0, 0.05) is 24.2 Å². The lowest BCUT2D eigenvalue weighted by molar-refractivity contribution is 0.626. The zero-order valence-electron chi connectivity index (χ0n) is 15.6. The maximum Gasteiger partial charge on any atom is 0.191 e. The lowest BCUT2D eigenvalue weighted by Gasteiger charge is -2.11. The number of pyridine rings is 1. The Morgan fingerprint density at radius 2 is 1.96 bits per heavy atom. The number of fused-ring (bicyclic) bond motifs is 1. The van der Waals surface area contributed by atoms with Crippen LogP contribution in [0.25, 0.3) is 5.65 Å². The summed E-state index contributed by atoms with van der Waals surface area (Å²) in [6.07, 6.45) is 2.91. The molecule has 0 saturated heterocycles. The lowest BCUT2D eigenvalue weighted by atomic mass is 10.4. The molecule has 0 aliphatic heterocycles. The molecule has 2 heterocycles. The quantitative estimate of drug-likeness (QED) is 0.158. The van der Waals surface area contributed by atoms with Gasteiger partial charge in [0.25, 0.3) is 0 Å². The molecule has 3 aromatic rings. The van der Waals surface area contributed by atoms with Crippen LogP contribution in [0.5, 0.6) is 0 Å². The van der Waals surface area contributed by atoms with Crippen molar-refractivity contribution in [2.24, 2.45) is 4.99 Å². The van der Waals surface area contributed by atoms with Crippen molar-refractivity contribution >= 4 is 47.3 Å². The fraction of sp³-hybridized carbons (Fsp3) is 0.316. The van der Waals surface area contributed by atoms with Crippen LogP contribution in [-0.2, 0) is 6.54 Å². The van der Waals surface area contributed by atoms with E-state index in [1.807, 2.05) is 47.9 Å². The van der Waals surface area contributed by atoms with Crippen LogP contribution >= 0.6 is 35.7 Å². The summed E-state index contributed by atoms with van der Waals surface area (Å²) in [6, 6.07) is 12.4. The Morgan fingerprint density at radius 1 is 1.14 bits per heavy atom. The Labute approximate surface area is 185 Å². The van der Waals surface area contributed by atoms with Gasteiger partial charge < -0.3 is 10.6 Å². The van der Waals surface area contributed by atoms with Gasteiger partial charge in [-0.2, -0.15) is 0 Å². The summed E-state index contributed by atoms with van der Waals surface area (Å²) < 4.78 is 14.8. The second-order valence-corrected chi connectivity index (χ2v) is 6.99. The summed E-state index contributed by atoms with van der Waals surface area (Å²) in [5.74, 6) is 2.31. The Bertz CT molecular complexity index is 884. The number of thioether (sulfide) groups is 1.